The SMILES string of the molecule is Cc1oncc1CC(=O)N[C@@H](C)c1ccc(C2CN(c3ccc(OCC4CC4)cc3)C2)cc1. The van der Waals surface area contributed by atoms with Crippen LogP contribution >= 0.6 is 0 Å². The number of carbonyl (C=O) groups is 1. The first-order valence-corrected chi connectivity index (χ1v) is 11.8. The number of nitrogens with one attached hydrogen (secondary N) is 1. The zero-order chi connectivity index (χ0) is 22.8. The number of nitrogens with zero attached hydrogens (tertiary/aromatic N) is 2. The van der Waals surface area contributed by atoms with Crippen molar-refractivity contribution in [3.63, 3.8) is 0 Å². The second-order valence-corrected chi connectivity index (χ2v) is 9.39. The molecule has 0 bridgehead atoms. The topological polar surface area (TPSA) is 67.6 Å². The highest BCUT2D eigenvalue weighted by atomic mass is 16.5. The van der Waals surface area contributed by atoms with Crippen molar-refractivity contribution in [2.75, 3.05) is 24.6 Å². The molecule has 0 unspecified atom stereocenters. The molecule has 2 fully saturated rings. The van der Waals surface area contributed by atoms with Crippen LogP contribution in [0.3, 0.4) is 0 Å². The minimum Gasteiger partial charge on any atom is -0.493 e. The molecule has 2 aliphatic rings. The summed E-state index contributed by atoms with van der Waals surface area (Å²) in [5, 5.41) is 6.79. The Hall–Kier alpha value is -3.28. The molecule has 1 saturated heterocycles. The molecular formula is C27H31N3O3. The van der Waals surface area contributed by atoms with E-state index in [1.165, 1.54) is 24.1 Å². The minimum absolute atomic E-state index is 0.0310. The van der Waals surface area contributed by atoms with Crippen LogP contribution in [0.1, 0.15) is 54.2 Å². The summed E-state index contributed by atoms with van der Waals surface area (Å²) in [6, 6.07) is 17.1. The third kappa shape index (κ3) is 5.21. The molecule has 1 aromatic heterocycles. The summed E-state index contributed by atoms with van der Waals surface area (Å²) < 4.78 is 10.9. The van der Waals surface area contributed by atoms with Crippen molar-refractivity contribution >= 4 is 11.6 Å². The highest BCUT2D eigenvalue weighted by molar-refractivity contribution is 5.79. The van der Waals surface area contributed by atoms with Crippen LogP contribution in [-0.4, -0.2) is 30.8 Å². The van der Waals surface area contributed by atoms with Crippen LogP contribution < -0.4 is 15.0 Å². The maximum atomic E-state index is 12.3. The van der Waals surface area contributed by atoms with Gasteiger partial charge in [-0.05, 0) is 68.0 Å². The van der Waals surface area contributed by atoms with Crippen LogP contribution in [0.15, 0.2) is 59.3 Å². The number of rotatable bonds is 9. The van der Waals surface area contributed by atoms with E-state index in [1.54, 1.807) is 6.20 Å². The molecule has 1 N–H and O–H groups in total. The Morgan fingerprint density at radius 2 is 1.88 bits per heavy atom. The average Bonchev–Trinajstić information content (AvgIpc) is 3.54. The van der Waals surface area contributed by atoms with Crippen LogP contribution in [0.4, 0.5) is 5.69 Å². The number of amides is 1. The summed E-state index contributed by atoms with van der Waals surface area (Å²) in [6.07, 6.45) is 4.51. The van der Waals surface area contributed by atoms with E-state index in [4.69, 9.17) is 9.26 Å². The summed E-state index contributed by atoms with van der Waals surface area (Å²) in [5.41, 5.74) is 4.52. The number of aromatic nitrogens is 1. The van der Waals surface area contributed by atoms with Crippen molar-refractivity contribution in [2.45, 2.75) is 45.1 Å². The van der Waals surface area contributed by atoms with Gasteiger partial charge in [0, 0.05) is 30.3 Å². The number of ether oxygens (including phenoxy) is 1. The van der Waals surface area contributed by atoms with Crippen molar-refractivity contribution in [1.82, 2.24) is 10.5 Å². The monoisotopic (exact) mass is 445 g/mol. The molecule has 1 amide bonds. The van der Waals surface area contributed by atoms with Gasteiger partial charge in [0.25, 0.3) is 0 Å². The molecule has 0 spiro atoms. The second kappa shape index (κ2) is 9.30. The molecule has 3 aromatic rings. The van der Waals surface area contributed by atoms with Crippen LogP contribution in [-0.2, 0) is 11.2 Å². The number of hydrogen-bond acceptors (Lipinski definition) is 5. The number of benzene rings is 2. The van der Waals surface area contributed by atoms with Gasteiger partial charge in [-0.15, -0.1) is 0 Å². The molecule has 1 saturated carbocycles. The smallest absolute Gasteiger partial charge is 0.225 e. The van der Waals surface area contributed by atoms with Crippen molar-refractivity contribution < 1.29 is 14.1 Å². The molecule has 6 heteroatoms. The van der Waals surface area contributed by atoms with Gasteiger partial charge in [-0.2, -0.15) is 0 Å². The predicted molar refractivity (Wildman–Crippen MR) is 128 cm³/mol. The van der Waals surface area contributed by atoms with E-state index in [0.29, 0.717) is 11.7 Å². The summed E-state index contributed by atoms with van der Waals surface area (Å²) in [4.78, 5) is 14.7. The highest BCUT2D eigenvalue weighted by Gasteiger charge is 2.28. The fourth-order valence-electron chi connectivity index (χ4n) is 4.25. The van der Waals surface area contributed by atoms with Crippen molar-refractivity contribution in [3.05, 3.63) is 77.2 Å². The van der Waals surface area contributed by atoms with Gasteiger partial charge in [-0.25, -0.2) is 0 Å². The lowest BCUT2D eigenvalue weighted by Gasteiger charge is -2.41. The van der Waals surface area contributed by atoms with Crippen molar-refractivity contribution in [2.24, 2.45) is 5.92 Å². The summed E-state index contributed by atoms with van der Waals surface area (Å²) >= 11 is 0. The van der Waals surface area contributed by atoms with Gasteiger partial charge in [-0.1, -0.05) is 29.4 Å². The maximum Gasteiger partial charge on any atom is 0.225 e. The minimum atomic E-state index is -0.0507. The fourth-order valence-corrected chi connectivity index (χ4v) is 4.25. The van der Waals surface area contributed by atoms with Gasteiger partial charge < -0.3 is 19.5 Å². The largest absolute Gasteiger partial charge is 0.493 e. The molecule has 2 aromatic carbocycles. The van der Waals surface area contributed by atoms with Crippen LogP contribution in [0.25, 0.3) is 0 Å². The molecule has 33 heavy (non-hydrogen) atoms. The molecule has 5 rings (SSSR count). The van der Waals surface area contributed by atoms with E-state index in [1.807, 2.05) is 13.8 Å². The molecule has 2 heterocycles. The normalized spacial score (nSPS) is 16.8. The van der Waals surface area contributed by atoms with E-state index >= 15 is 0 Å². The van der Waals surface area contributed by atoms with E-state index in [2.05, 4.69) is 63.9 Å². The van der Waals surface area contributed by atoms with E-state index in [9.17, 15) is 4.79 Å². The number of anilines is 1. The van der Waals surface area contributed by atoms with E-state index in [0.717, 1.165) is 42.5 Å². The van der Waals surface area contributed by atoms with Gasteiger partial charge in [-0.3, -0.25) is 4.79 Å². The van der Waals surface area contributed by atoms with Crippen LogP contribution in [0.2, 0.25) is 0 Å². The average molecular weight is 446 g/mol. The van der Waals surface area contributed by atoms with Gasteiger partial charge in [0.2, 0.25) is 5.91 Å². The zero-order valence-electron chi connectivity index (χ0n) is 19.3. The maximum absolute atomic E-state index is 12.3. The molecule has 172 valence electrons. The molecular weight excluding hydrogens is 414 g/mol. The predicted octanol–water partition coefficient (Wildman–Crippen LogP) is 4.80. The summed E-state index contributed by atoms with van der Waals surface area (Å²) in [5.74, 6) is 2.93. The number of hydrogen-bond donors (Lipinski definition) is 1. The van der Waals surface area contributed by atoms with Gasteiger partial charge in [0.05, 0.1) is 25.3 Å². The molecule has 1 aliphatic carbocycles. The van der Waals surface area contributed by atoms with Crippen LogP contribution in [0, 0.1) is 12.8 Å². The lowest BCUT2D eigenvalue weighted by Crippen LogP contribution is -2.45. The Morgan fingerprint density at radius 3 is 2.52 bits per heavy atom. The molecule has 6 nitrogen and oxygen atoms in total. The first-order valence-electron chi connectivity index (χ1n) is 11.8. The van der Waals surface area contributed by atoms with Crippen LogP contribution in [0.5, 0.6) is 5.75 Å². The Labute approximate surface area is 194 Å². The lowest BCUT2D eigenvalue weighted by atomic mass is 9.90. The number of carbonyl (C=O) groups excluding carboxylic acids is 1. The first kappa shape index (κ1) is 21.6. The Morgan fingerprint density at radius 1 is 1.15 bits per heavy atom. The third-order valence-corrected chi connectivity index (χ3v) is 6.75. The molecule has 1 aliphatic heterocycles. The first-order chi connectivity index (χ1) is 16.0. The van der Waals surface area contributed by atoms with Gasteiger partial charge in [0.1, 0.15) is 11.5 Å². The quantitative estimate of drug-likeness (QED) is 0.513. The summed E-state index contributed by atoms with van der Waals surface area (Å²) in [7, 11) is 0. The number of aryl methyl sites for hydroxylation is 1. The fraction of sp³-hybridized carbons (Fsp3) is 0.407. The second-order valence-electron chi connectivity index (χ2n) is 9.39. The standard InChI is InChI=1S/C27H31N3O3/c1-18(29-27(31)13-23-14-28-33-19(23)2)21-5-7-22(8-6-21)24-15-30(16-24)25-9-11-26(12-10-25)32-17-20-3-4-20/h5-12,14,18,20,24H,3-4,13,15-17H2,1-2H3,(H,29,31)/t18-/m0/s1. The highest BCUT2D eigenvalue weighted by Crippen LogP contribution is 2.34. The Bertz CT molecular complexity index is 1080. The Balaban J connectivity index is 1.10. The molecule has 0 radical (unpaired) electrons. The lowest BCUT2D eigenvalue weighted by molar-refractivity contribution is -0.121. The van der Waals surface area contributed by atoms with Gasteiger partial charge in [0.15, 0.2) is 0 Å². The van der Waals surface area contributed by atoms with Crippen molar-refractivity contribution in [3.8, 4) is 5.75 Å². The molecule has 1 atom stereocenters. The van der Waals surface area contributed by atoms with Crippen molar-refractivity contribution in [1.29, 1.82) is 0 Å². The third-order valence-electron chi connectivity index (χ3n) is 6.75. The Kier molecular flexibility index (Phi) is 6.07. The van der Waals surface area contributed by atoms with E-state index in [-0.39, 0.29) is 18.4 Å². The summed E-state index contributed by atoms with van der Waals surface area (Å²) in [6.45, 7) is 6.72. The van der Waals surface area contributed by atoms with E-state index < -0.39 is 0 Å². The zero-order valence-corrected chi connectivity index (χ0v) is 19.3. The van der Waals surface area contributed by atoms with Gasteiger partial charge >= 0.3 is 0 Å².